The zero-order valence-corrected chi connectivity index (χ0v) is 11.8. The van der Waals surface area contributed by atoms with Crippen LogP contribution in [0.3, 0.4) is 0 Å². The van der Waals surface area contributed by atoms with Crippen LogP contribution in [-0.2, 0) is 14.8 Å². The first-order valence-corrected chi connectivity index (χ1v) is 7.54. The van der Waals surface area contributed by atoms with Crippen molar-refractivity contribution in [2.75, 3.05) is 38.7 Å². The zero-order chi connectivity index (χ0) is 14.8. The summed E-state index contributed by atoms with van der Waals surface area (Å²) in [5.41, 5.74) is 0.317. The predicted molar refractivity (Wildman–Crippen MR) is 72.5 cm³/mol. The number of benzene rings is 1. The average molecular weight is 300 g/mol. The molecule has 1 aromatic carbocycles. The van der Waals surface area contributed by atoms with Gasteiger partial charge >= 0.3 is 5.97 Å². The summed E-state index contributed by atoms with van der Waals surface area (Å²) in [7, 11) is -2.14. The van der Waals surface area contributed by atoms with E-state index in [4.69, 9.17) is 9.84 Å². The minimum atomic E-state index is -3.73. The Morgan fingerprint density at radius 3 is 2.55 bits per heavy atom. The third kappa shape index (κ3) is 2.77. The Bertz CT molecular complexity index is 608. The van der Waals surface area contributed by atoms with Gasteiger partial charge < -0.3 is 15.2 Å². The summed E-state index contributed by atoms with van der Waals surface area (Å²) in [6.45, 7) is 1.21. The quantitative estimate of drug-likeness (QED) is 0.838. The van der Waals surface area contributed by atoms with Gasteiger partial charge in [0.15, 0.2) is 0 Å². The number of carbonyl (C=O) groups is 1. The van der Waals surface area contributed by atoms with Gasteiger partial charge in [-0.1, -0.05) is 0 Å². The fourth-order valence-corrected chi connectivity index (χ4v) is 3.63. The summed E-state index contributed by atoms with van der Waals surface area (Å²) in [5, 5.41) is 11.8. The van der Waals surface area contributed by atoms with Gasteiger partial charge in [-0.3, -0.25) is 0 Å². The Balaban J connectivity index is 2.48. The monoisotopic (exact) mass is 300 g/mol. The first-order valence-electron chi connectivity index (χ1n) is 6.10. The molecule has 20 heavy (non-hydrogen) atoms. The molecule has 0 atom stereocenters. The molecule has 110 valence electrons. The number of morpholine rings is 1. The molecular weight excluding hydrogens is 284 g/mol. The first kappa shape index (κ1) is 14.8. The Kier molecular flexibility index (Phi) is 4.26. The van der Waals surface area contributed by atoms with Crippen molar-refractivity contribution in [3.05, 3.63) is 23.8 Å². The highest BCUT2D eigenvalue weighted by Gasteiger charge is 2.29. The van der Waals surface area contributed by atoms with E-state index in [1.54, 1.807) is 7.05 Å². The Hall–Kier alpha value is -1.64. The molecule has 0 saturated carbocycles. The lowest BCUT2D eigenvalue weighted by molar-refractivity contribution is 0.0696. The SMILES string of the molecule is CNc1ccc(C(=O)O)cc1S(=O)(=O)N1CCOCC1. The maximum Gasteiger partial charge on any atom is 0.335 e. The van der Waals surface area contributed by atoms with Crippen LogP contribution in [0, 0.1) is 0 Å². The number of aromatic carboxylic acids is 1. The van der Waals surface area contributed by atoms with Gasteiger partial charge in [0.2, 0.25) is 10.0 Å². The van der Waals surface area contributed by atoms with E-state index in [-0.39, 0.29) is 23.5 Å². The third-order valence-corrected chi connectivity index (χ3v) is 5.02. The molecule has 1 heterocycles. The van der Waals surface area contributed by atoms with Crippen LogP contribution in [0.15, 0.2) is 23.1 Å². The van der Waals surface area contributed by atoms with Crippen LogP contribution in [0.5, 0.6) is 0 Å². The minimum absolute atomic E-state index is 0.0261. The number of nitrogens with one attached hydrogen (secondary N) is 1. The third-order valence-electron chi connectivity index (χ3n) is 3.09. The maximum absolute atomic E-state index is 12.6. The topological polar surface area (TPSA) is 95.9 Å². The molecule has 0 amide bonds. The first-order chi connectivity index (χ1) is 9.46. The van der Waals surface area contributed by atoms with Crippen LogP contribution in [-0.4, -0.2) is 57.1 Å². The van der Waals surface area contributed by atoms with Crippen molar-refractivity contribution in [1.29, 1.82) is 0 Å². The molecule has 1 aliphatic heterocycles. The van der Waals surface area contributed by atoms with Gasteiger partial charge in [-0.15, -0.1) is 0 Å². The van der Waals surface area contributed by atoms with Gasteiger partial charge in [0.1, 0.15) is 4.90 Å². The van der Waals surface area contributed by atoms with Crippen molar-refractivity contribution >= 4 is 21.7 Å². The Morgan fingerprint density at radius 2 is 2.00 bits per heavy atom. The predicted octanol–water partition coefficient (Wildman–Crippen LogP) is 0.447. The van der Waals surface area contributed by atoms with Crippen LogP contribution < -0.4 is 5.32 Å². The molecule has 0 spiro atoms. The van der Waals surface area contributed by atoms with Crippen molar-refractivity contribution in [3.8, 4) is 0 Å². The van der Waals surface area contributed by atoms with E-state index in [0.29, 0.717) is 18.9 Å². The van der Waals surface area contributed by atoms with Gasteiger partial charge in [0.25, 0.3) is 0 Å². The van der Waals surface area contributed by atoms with E-state index < -0.39 is 16.0 Å². The molecule has 0 radical (unpaired) electrons. The summed E-state index contributed by atoms with van der Waals surface area (Å²) in [4.78, 5) is 11.0. The fraction of sp³-hybridized carbons (Fsp3) is 0.417. The van der Waals surface area contributed by atoms with Crippen molar-refractivity contribution < 1.29 is 23.1 Å². The Labute approximate surface area is 117 Å². The maximum atomic E-state index is 12.6. The molecule has 2 rings (SSSR count). The fourth-order valence-electron chi connectivity index (χ4n) is 2.00. The van der Waals surface area contributed by atoms with Gasteiger partial charge in [0.05, 0.1) is 24.5 Å². The highest BCUT2D eigenvalue weighted by atomic mass is 32.2. The Morgan fingerprint density at radius 1 is 1.35 bits per heavy atom. The lowest BCUT2D eigenvalue weighted by atomic mass is 10.2. The molecule has 8 heteroatoms. The van der Waals surface area contributed by atoms with E-state index >= 15 is 0 Å². The number of rotatable bonds is 4. The average Bonchev–Trinajstić information content (AvgIpc) is 2.47. The summed E-state index contributed by atoms with van der Waals surface area (Å²) in [5.74, 6) is -1.16. The van der Waals surface area contributed by atoms with E-state index in [9.17, 15) is 13.2 Å². The van der Waals surface area contributed by atoms with Crippen molar-refractivity contribution in [3.63, 3.8) is 0 Å². The lowest BCUT2D eigenvalue weighted by Gasteiger charge is -2.27. The van der Waals surface area contributed by atoms with E-state index in [2.05, 4.69) is 5.32 Å². The molecule has 2 N–H and O–H groups in total. The highest BCUT2D eigenvalue weighted by Crippen LogP contribution is 2.26. The number of sulfonamides is 1. The number of ether oxygens (including phenoxy) is 1. The smallest absolute Gasteiger partial charge is 0.335 e. The number of carboxylic acids is 1. The lowest BCUT2D eigenvalue weighted by Crippen LogP contribution is -2.40. The van der Waals surface area contributed by atoms with E-state index in [1.807, 2.05) is 0 Å². The van der Waals surface area contributed by atoms with Gasteiger partial charge in [-0.25, -0.2) is 13.2 Å². The molecule has 1 fully saturated rings. The summed E-state index contributed by atoms with van der Waals surface area (Å²) >= 11 is 0. The van der Waals surface area contributed by atoms with Gasteiger partial charge in [-0.2, -0.15) is 4.31 Å². The second kappa shape index (κ2) is 5.78. The number of hydrogen-bond donors (Lipinski definition) is 2. The molecule has 1 aromatic rings. The number of anilines is 1. The largest absolute Gasteiger partial charge is 0.478 e. The second-order valence-electron chi connectivity index (χ2n) is 4.28. The van der Waals surface area contributed by atoms with Crippen LogP contribution in [0.25, 0.3) is 0 Å². The number of nitrogens with zero attached hydrogens (tertiary/aromatic N) is 1. The molecule has 0 aromatic heterocycles. The molecule has 1 saturated heterocycles. The summed E-state index contributed by atoms with van der Waals surface area (Å²) in [6.07, 6.45) is 0. The molecule has 0 aliphatic carbocycles. The van der Waals surface area contributed by atoms with Crippen LogP contribution in [0.1, 0.15) is 10.4 Å². The van der Waals surface area contributed by atoms with Crippen molar-refractivity contribution in [2.24, 2.45) is 0 Å². The number of hydrogen-bond acceptors (Lipinski definition) is 5. The zero-order valence-electron chi connectivity index (χ0n) is 11.0. The molecule has 0 bridgehead atoms. The second-order valence-corrected chi connectivity index (χ2v) is 6.19. The molecular formula is C12H16N2O5S. The summed E-state index contributed by atoms with van der Waals surface area (Å²) in [6, 6.07) is 4.00. The molecule has 0 unspecified atom stereocenters. The standard InChI is InChI=1S/C12H16N2O5S/c1-13-10-3-2-9(12(15)16)8-11(10)20(17,18)14-4-6-19-7-5-14/h2-3,8,13H,4-7H2,1H3,(H,15,16). The molecule has 1 aliphatic rings. The van der Waals surface area contributed by atoms with Crippen LogP contribution in [0.4, 0.5) is 5.69 Å². The molecule has 7 nitrogen and oxygen atoms in total. The van der Waals surface area contributed by atoms with Gasteiger partial charge in [-0.05, 0) is 18.2 Å². The van der Waals surface area contributed by atoms with E-state index in [0.717, 1.165) is 0 Å². The van der Waals surface area contributed by atoms with Crippen molar-refractivity contribution in [1.82, 2.24) is 4.31 Å². The normalized spacial score (nSPS) is 16.9. The van der Waals surface area contributed by atoms with Crippen molar-refractivity contribution in [2.45, 2.75) is 4.90 Å². The number of carboxylic acid groups (broad SMARTS) is 1. The summed E-state index contributed by atoms with van der Waals surface area (Å²) < 4.78 is 31.6. The highest BCUT2D eigenvalue weighted by molar-refractivity contribution is 7.89. The van der Waals surface area contributed by atoms with E-state index in [1.165, 1.54) is 22.5 Å². The van der Waals surface area contributed by atoms with Crippen LogP contribution in [0.2, 0.25) is 0 Å². The minimum Gasteiger partial charge on any atom is -0.478 e. The van der Waals surface area contributed by atoms with Crippen LogP contribution >= 0.6 is 0 Å². The van der Waals surface area contributed by atoms with Gasteiger partial charge in [0, 0.05) is 20.1 Å².